The van der Waals surface area contributed by atoms with Crippen LogP contribution >= 0.6 is 0 Å². The molecular weight excluding hydrogens is 377 g/mol. The number of carbonyl (C=O) groups is 1. The van der Waals surface area contributed by atoms with Crippen LogP contribution in [0.15, 0.2) is 47.7 Å². The molecule has 10 heteroatoms. The number of nitrogens with two attached hydrogens (primary N) is 1. The van der Waals surface area contributed by atoms with Crippen LogP contribution in [0.4, 0.5) is 13.2 Å². The summed E-state index contributed by atoms with van der Waals surface area (Å²) < 4.78 is 41.2. The summed E-state index contributed by atoms with van der Waals surface area (Å²) in [6, 6.07) is 4.60. The number of nitrogens with one attached hydrogen (secondary N) is 1. The number of fused-ring (bicyclic) bond motifs is 1. The van der Waals surface area contributed by atoms with Crippen LogP contribution in [0.5, 0.6) is 0 Å². The van der Waals surface area contributed by atoms with Crippen molar-refractivity contribution >= 4 is 23.0 Å². The van der Waals surface area contributed by atoms with E-state index in [1.54, 1.807) is 30.6 Å². The molecule has 0 spiro atoms. The lowest BCUT2D eigenvalue weighted by Gasteiger charge is -2.10. The second kappa shape index (κ2) is 7.69. The molecule has 3 rings (SSSR count). The number of aromatic amines is 1. The van der Waals surface area contributed by atoms with Gasteiger partial charge in [-0.2, -0.15) is 0 Å². The van der Waals surface area contributed by atoms with E-state index in [-0.39, 0.29) is 6.54 Å². The van der Waals surface area contributed by atoms with Crippen LogP contribution in [-0.4, -0.2) is 33.4 Å². The normalized spacial score (nSPS) is 12.1. The third kappa shape index (κ3) is 4.65. The van der Waals surface area contributed by atoms with Gasteiger partial charge in [-0.1, -0.05) is 0 Å². The summed E-state index contributed by atoms with van der Waals surface area (Å²) in [5, 5.41) is 0.716. The molecule has 28 heavy (non-hydrogen) atoms. The molecule has 0 aliphatic heterocycles. The molecule has 0 radical (unpaired) electrons. The smallest absolute Gasteiger partial charge is 0.366 e. The first kappa shape index (κ1) is 19.4. The van der Waals surface area contributed by atoms with Crippen molar-refractivity contribution in [1.82, 2.24) is 14.5 Å². The lowest BCUT2D eigenvalue weighted by molar-refractivity contribution is -0.325. The number of carbonyl (C=O) groups excluding carboxylic acids is 1. The summed E-state index contributed by atoms with van der Waals surface area (Å²) in [5.74, 6) is -0.591. The first-order valence-electron chi connectivity index (χ1n) is 8.09. The summed E-state index contributed by atoms with van der Waals surface area (Å²) in [5.41, 5.74) is 7.17. The number of rotatable bonds is 6. The molecular formula is C18H15F3N4O3. The highest BCUT2D eigenvalue weighted by Gasteiger charge is 2.28. The van der Waals surface area contributed by atoms with Gasteiger partial charge in [-0.15, -0.1) is 13.2 Å². The number of pyridine rings is 2. The standard InChI is InChI=1S/C18H15F3N4O3/c19-18(20,21)28-6-5-25-10-12(2-4-16(25)27)13-7-14-11(1-3-15(22)26)8-23-17(14)24-9-13/h1-4,7-10H,5-6H2,(H2,22,26)(H,23,24)/b3-1+. The number of aromatic nitrogens is 3. The van der Waals surface area contributed by atoms with E-state index >= 15 is 0 Å². The van der Waals surface area contributed by atoms with E-state index in [1.165, 1.54) is 18.3 Å². The molecule has 3 aromatic rings. The van der Waals surface area contributed by atoms with E-state index in [0.717, 1.165) is 4.57 Å². The lowest BCUT2D eigenvalue weighted by atomic mass is 10.1. The van der Waals surface area contributed by atoms with Gasteiger partial charge in [0.05, 0.1) is 6.61 Å². The topological polar surface area (TPSA) is 103 Å². The maximum atomic E-state index is 12.1. The molecule has 3 aromatic heterocycles. The summed E-state index contributed by atoms with van der Waals surface area (Å²) >= 11 is 0. The van der Waals surface area contributed by atoms with Crippen molar-refractivity contribution in [2.24, 2.45) is 5.73 Å². The van der Waals surface area contributed by atoms with Crippen LogP contribution in [0.3, 0.4) is 0 Å². The quantitative estimate of drug-likeness (QED) is 0.629. The molecule has 0 atom stereocenters. The van der Waals surface area contributed by atoms with Crippen LogP contribution in [0.25, 0.3) is 28.2 Å². The van der Waals surface area contributed by atoms with Crippen LogP contribution in [-0.2, 0) is 16.1 Å². The Hall–Kier alpha value is -3.40. The first-order valence-corrected chi connectivity index (χ1v) is 8.09. The zero-order valence-electron chi connectivity index (χ0n) is 14.4. The second-order valence-corrected chi connectivity index (χ2v) is 5.84. The highest BCUT2D eigenvalue weighted by molar-refractivity contribution is 5.95. The Morgan fingerprint density at radius 3 is 2.82 bits per heavy atom. The van der Waals surface area contributed by atoms with Gasteiger partial charge < -0.3 is 15.3 Å². The highest BCUT2D eigenvalue weighted by Crippen LogP contribution is 2.25. The molecule has 146 valence electrons. The number of halogens is 3. The third-order valence-corrected chi connectivity index (χ3v) is 3.90. The van der Waals surface area contributed by atoms with Crippen LogP contribution < -0.4 is 11.3 Å². The minimum absolute atomic E-state index is 0.251. The van der Waals surface area contributed by atoms with Crippen molar-refractivity contribution in [2.45, 2.75) is 12.9 Å². The number of hydrogen-bond donors (Lipinski definition) is 2. The molecule has 0 bridgehead atoms. The Balaban J connectivity index is 1.91. The summed E-state index contributed by atoms with van der Waals surface area (Å²) in [7, 11) is 0. The number of ether oxygens (including phenoxy) is 1. The second-order valence-electron chi connectivity index (χ2n) is 5.84. The SMILES string of the molecule is NC(=O)/C=C/c1c[nH]c2ncc(-c3ccc(=O)n(CCOC(F)(F)F)c3)cc12. The zero-order chi connectivity index (χ0) is 20.3. The highest BCUT2D eigenvalue weighted by atomic mass is 19.4. The van der Waals surface area contributed by atoms with Gasteiger partial charge in [0.15, 0.2) is 0 Å². The Bertz CT molecular complexity index is 1100. The maximum Gasteiger partial charge on any atom is 0.522 e. The van der Waals surface area contributed by atoms with Crippen LogP contribution in [0, 0.1) is 0 Å². The number of nitrogens with zero attached hydrogens (tertiary/aromatic N) is 2. The monoisotopic (exact) mass is 392 g/mol. The van der Waals surface area contributed by atoms with E-state index in [4.69, 9.17) is 5.73 Å². The molecule has 0 saturated carbocycles. The Labute approximate surface area is 156 Å². The Kier molecular flexibility index (Phi) is 5.32. The van der Waals surface area contributed by atoms with Gasteiger partial charge in [0.25, 0.3) is 5.56 Å². The molecule has 0 aliphatic rings. The van der Waals surface area contributed by atoms with Crippen molar-refractivity contribution in [2.75, 3.05) is 6.61 Å². The first-order chi connectivity index (χ1) is 13.2. The third-order valence-electron chi connectivity index (χ3n) is 3.90. The van der Waals surface area contributed by atoms with Crippen molar-refractivity contribution in [3.8, 4) is 11.1 Å². The molecule has 0 saturated heterocycles. The molecule has 0 aromatic carbocycles. The largest absolute Gasteiger partial charge is 0.522 e. The van der Waals surface area contributed by atoms with Gasteiger partial charge in [0.2, 0.25) is 5.91 Å². The van der Waals surface area contributed by atoms with Crippen molar-refractivity contribution in [3.63, 3.8) is 0 Å². The average Bonchev–Trinajstić information content (AvgIpc) is 3.02. The van der Waals surface area contributed by atoms with Gasteiger partial charge in [-0.3, -0.25) is 14.3 Å². The van der Waals surface area contributed by atoms with Crippen LogP contribution in [0.2, 0.25) is 0 Å². The zero-order valence-corrected chi connectivity index (χ0v) is 14.4. The van der Waals surface area contributed by atoms with E-state index in [0.29, 0.717) is 27.7 Å². The van der Waals surface area contributed by atoms with Crippen molar-refractivity contribution < 1.29 is 22.7 Å². The number of primary amides is 1. The molecule has 0 aliphatic carbocycles. The molecule has 7 nitrogen and oxygen atoms in total. The number of H-pyrrole nitrogens is 1. The maximum absolute atomic E-state index is 12.1. The van der Waals surface area contributed by atoms with Gasteiger partial charge in [-0.05, 0) is 23.8 Å². The number of amides is 1. The van der Waals surface area contributed by atoms with E-state index in [9.17, 15) is 22.8 Å². The summed E-state index contributed by atoms with van der Waals surface area (Å²) in [4.78, 5) is 30.1. The fraction of sp³-hybridized carbons (Fsp3) is 0.167. The van der Waals surface area contributed by atoms with Gasteiger partial charge in [-0.25, -0.2) is 4.98 Å². The molecule has 0 fully saturated rings. The van der Waals surface area contributed by atoms with Gasteiger partial charge in [0, 0.05) is 53.8 Å². The molecule has 3 heterocycles. The fourth-order valence-electron chi connectivity index (χ4n) is 2.63. The van der Waals surface area contributed by atoms with Gasteiger partial charge >= 0.3 is 6.36 Å². The van der Waals surface area contributed by atoms with Crippen LogP contribution in [0.1, 0.15) is 5.56 Å². The fourth-order valence-corrected chi connectivity index (χ4v) is 2.63. The Morgan fingerprint density at radius 2 is 2.11 bits per heavy atom. The number of alkyl halides is 3. The summed E-state index contributed by atoms with van der Waals surface area (Å²) in [6.45, 7) is -0.928. The minimum Gasteiger partial charge on any atom is -0.366 e. The van der Waals surface area contributed by atoms with E-state index in [1.807, 2.05) is 0 Å². The van der Waals surface area contributed by atoms with Crippen molar-refractivity contribution in [3.05, 3.63) is 58.8 Å². The molecule has 0 unspecified atom stereocenters. The minimum atomic E-state index is -4.75. The summed E-state index contributed by atoms with van der Waals surface area (Å²) in [6.07, 6.45) is 2.68. The Morgan fingerprint density at radius 1 is 1.32 bits per heavy atom. The van der Waals surface area contributed by atoms with Gasteiger partial charge in [0.1, 0.15) is 5.65 Å². The predicted molar refractivity (Wildman–Crippen MR) is 96.0 cm³/mol. The average molecular weight is 392 g/mol. The van der Waals surface area contributed by atoms with Crippen molar-refractivity contribution in [1.29, 1.82) is 0 Å². The predicted octanol–water partition coefficient (Wildman–Crippen LogP) is 2.43. The lowest BCUT2D eigenvalue weighted by Crippen LogP contribution is -2.24. The number of hydrogen-bond acceptors (Lipinski definition) is 4. The van der Waals surface area contributed by atoms with E-state index in [2.05, 4.69) is 14.7 Å². The molecule has 1 amide bonds. The molecule has 3 N–H and O–H groups in total. The van der Waals surface area contributed by atoms with E-state index < -0.39 is 24.4 Å².